The van der Waals surface area contributed by atoms with E-state index in [1.807, 2.05) is 12.1 Å². The van der Waals surface area contributed by atoms with Gasteiger partial charge in [-0.1, -0.05) is 17.7 Å². The molecule has 0 aliphatic carbocycles. The Labute approximate surface area is 139 Å². The molecule has 3 aromatic heterocycles. The molecule has 0 aliphatic heterocycles. The van der Waals surface area contributed by atoms with E-state index in [0.717, 1.165) is 5.69 Å². The number of aromatic nitrogens is 8. The van der Waals surface area contributed by atoms with E-state index in [9.17, 15) is 0 Å². The summed E-state index contributed by atoms with van der Waals surface area (Å²) < 4.78 is 0. The van der Waals surface area contributed by atoms with Crippen LogP contribution in [0.2, 0.25) is 5.02 Å². The number of aromatic amines is 2. The highest BCUT2D eigenvalue weighted by Crippen LogP contribution is 2.29. The first kappa shape index (κ1) is 14.2. The lowest BCUT2D eigenvalue weighted by molar-refractivity contribution is 0.881. The number of hydrogen-bond donors (Lipinski definition) is 3. The van der Waals surface area contributed by atoms with E-state index in [-0.39, 0.29) is 0 Å². The largest absolute Gasteiger partial charge is 0.339 e. The monoisotopic (exact) mass is 340 g/mol. The molecule has 11 heteroatoms. The van der Waals surface area contributed by atoms with Gasteiger partial charge >= 0.3 is 0 Å². The van der Waals surface area contributed by atoms with Gasteiger partial charge in [-0.2, -0.15) is 10.3 Å². The molecule has 118 valence electrons. The number of rotatable bonds is 4. The van der Waals surface area contributed by atoms with Crippen LogP contribution >= 0.6 is 11.6 Å². The third-order valence-corrected chi connectivity index (χ3v) is 3.33. The highest BCUT2D eigenvalue weighted by atomic mass is 35.5. The Kier molecular flexibility index (Phi) is 3.56. The number of benzene rings is 1. The first-order valence-electron chi connectivity index (χ1n) is 6.79. The third kappa shape index (κ3) is 2.77. The Bertz CT molecular complexity index is 1010. The number of tetrazole rings is 1. The highest BCUT2D eigenvalue weighted by Gasteiger charge is 2.12. The van der Waals surface area contributed by atoms with E-state index >= 15 is 0 Å². The predicted molar refractivity (Wildman–Crippen MR) is 87.9 cm³/mol. The Hall–Kier alpha value is -3.40. The lowest BCUT2D eigenvalue weighted by Gasteiger charge is -2.06. The van der Waals surface area contributed by atoms with Crippen molar-refractivity contribution in [1.29, 1.82) is 0 Å². The van der Waals surface area contributed by atoms with Crippen molar-refractivity contribution in [3.63, 3.8) is 0 Å². The van der Waals surface area contributed by atoms with Crippen molar-refractivity contribution in [3.8, 4) is 0 Å². The molecule has 0 atom stereocenters. The quantitative estimate of drug-likeness (QED) is 0.484. The highest BCUT2D eigenvalue weighted by molar-refractivity contribution is 6.30. The molecular weight excluding hydrogens is 332 g/mol. The molecule has 3 N–H and O–H groups in total. The van der Waals surface area contributed by atoms with Crippen LogP contribution in [0.25, 0.3) is 11.0 Å². The van der Waals surface area contributed by atoms with E-state index < -0.39 is 0 Å². The topological polar surface area (TPSA) is 133 Å². The van der Waals surface area contributed by atoms with Crippen molar-refractivity contribution >= 4 is 46.2 Å². The first-order valence-corrected chi connectivity index (χ1v) is 7.16. The Morgan fingerprint density at radius 1 is 1.21 bits per heavy atom. The van der Waals surface area contributed by atoms with E-state index in [2.05, 4.69) is 51.1 Å². The molecule has 4 aromatic rings. The summed E-state index contributed by atoms with van der Waals surface area (Å²) in [6.45, 7) is 0. The summed E-state index contributed by atoms with van der Waals surface area (Å²) in [6.07, 6.45) is 2.87. The maximum Gasteiger partial charge on any atom is 0.215 e. The summed E-state index contributed by atoms with van der Waals surface area (Å²) >= 11 is 6.01. The second kappa shape index (κ2) is 6.01. The van der Waals surface area contributed by atoms with Gasteiger partial charge in [0.2, 0.25) is 5.82 Å². The van der Waals surface area contributed by atoms with E-state index in [4.69, 9.17) is 11.6 Å². The van der Waals surface area contributed by atoms with E-state index in [0.29, 0.717) is 33.5 Å². The third-order valence-electron chi connectivity index (χ3n) is 3.09. The maximum absolute atomic E-state index is 6.01. The average Bonchev–Trinajstić information content (AvgIpc) is 3.23. The molecule has 3 heterocycles. The Morgan fingerprint density at radius 2 is 2.17 bits per heavy atom. The minimum atomic E-state index is 0.346. The second-order valence-corrected chi connectivity index (χ2v) is 5.09. The fourth-order valence-corrected chi connectivity index (χ4v) is 2.27. The minimum Gasteiger partial charge on any atom is -0.339 e. The first-order chi connectivity index (χ1) is 11.8. The summed E-state index contributed by atoms with van der Waals surface area (Å²) in [5.41, 5.74) is 1.27. The number of fused-ring (bicyclic) bond motifs is 1. The Morgan fingerprint density at radius 3 is 3.00 bits per heavy atom. The zero-order valence-corrected chi connectivity index (χ0v) is 12.7. The summed E-state index contributed by atoms with van der Waals surface area (Å²) in [6, 6.07) is 7.30. The van der Waals surface area contributed by atoms with Crippen LogP contribution in [0, 0.1) is 0 Å². The second-order valence-electron chi connectivity index (χ2n) is 4.66. The molecule has 0 saturated carbocycles. The van der Waals surface area contributed by atoms with Gasteiger partial charge in [0.25, 0.3) is 0 Å². The molecule has 0 amide bonds. The SMILES string of the molecule is Clc1cccc(Nc2ncnc3n[nH]c(/N=C/c4nn[nH]n4)c23)c1. The summed E-state index contributed by atoms with van der Waals surface area (Å²) in [5, 5.41) is 24.8. The van der Waals surface area contributed by atoms with Gasteiger partial charge < -0.3 is 5.32 Å². The molecular formula is C13H9ClN10. The molecule has 4 rings (SSSR count). The normalized spacial score (nSPS) is 11.4. The fraction of sp³-hybridized carbons (Fsp3) is 0. The van der Waals surface area contributed by atoms with Crippen molar-refractivity contribution < 1.29 is 0 Å². The van der Waals surface area contributed by atoms with Crippen LogP contribution in [-0.2, 0) is 0 Å². The molecule has 0 aliphatic rings. The average molecular weight is 341 g/mol. The molecule has 10 nitrogen and oxygen atoms in total. The van der Waals surface area contributed by atoms with E-state index in [1.54, 1.807) is 12.1 Å². The molecule has 0 saturated heterocycles. The van der Waals surface area contributed by atoms with Crippen LogP contribution in [0.15, 0.2) is 35.6 Å². The molecule has 0 bridgehead atoms. The van der Waals surface area contributed by atoms with Crippen LogP contribution in [-0.4, -0.2) is 47.0 Å². The van der Waals surface area contributed by atoms with Gasteiger partial charge in [-0.15, -0.1) is 10.2 Å². The summed E-state index contributed by atoms with van der Waals surface area (Å²) in [4.78, 5) is 12.7. The Balaban J connectivity index is 1.74. The molecule has 0 unspecified atom stereocenters. The number of H-pyrrole nitrogens is 2. The van der Waals surface area contributed by atoms with Gasteiger partial charge in [0, 0.05) is 10.7 Å². The number of nitrogens with zero attached hydrogens (tertiary/aromatic N) is 7. The molecule has 1 aromatic carbocycles. The lowest BCUT2D eigenvalue weighted by Crippen LogP contribution is -1.95. The van der Waals surface area contributed by atoms with Gasteiger partial charge in [-0.05, 0) is 23.4 Å². The number of aliphatic imine (C=N–C) groups is 1. The van der Waals surface area contributed by atoms with Gasteiger partial charge in [0.1, 0.15) is 17.5 Å². The number of nitrogens with one attached hydrogen (secondary N) is 3. The van der Waals surface area contributed by atoms with Crippen molar-refractivity contribution in [2.45, 2.75) is 0 Å². The predicted octanol–water partition coefficient (Wildman–Crippen LogP) is 2.01. The van der Waals surface area contributed by atoms with Gasteiger partial charge in [0.15, 0.2) is 11.5 Å². The number of anilines is 2. The number of halogens is 1. The summed E-state index contributed by atoms with van der Waals surface area (Å²) in [7, 11) is 0. The van der Waals surface area contributed by atoms with Crippen LogP contribution in [0.3, 0.4) is 0 Å². The van der Waals surface area contributed by atoms with Crippen LogP contribution in [0.4, 0.5) is 17.3 Å². The van der Waals surface area contributed by atoms with Crippen LogP contribution in [0.5, 0.6) is 0 Å². The van der Waals surface area contributed by atoms with Crippen molar-refractivity contribution in [2.24, 2.45) is 4.99 Å². The zero-order valence-electron chi connectivity index (χ0n) is 12.0. The van der Waals surface area contributed by atoms with Crippen LogP contribution < -0.4 is 5.32 Å². The lowest BCUT2D eigenvalue weighted by atomic mass is 10.3. The maximum atomic E-state index is 6.01. The van der Waals surface area contributed by atoms with Gasteiger partial charge in [-0.25, -0.2) is 15.0 Å². The van der Waals surface area contributed by atoms with Crippen molar-refractivity contribution in [3.05, 3.63) is 41.4 Å². The van der Waals surface area contributed by atoms with E-state index in [1.165, 1.54) is 12.5 Å². The summed E-state index contributed by atoms with van der Waals surface area (Å²) in [5.74, 6) is 1.37. The van der Waals surface area contributed by atoms with Crippen LogP contribution in [0.1, 0.15) is 5.82 Å². The fourth-order valence-electron chi connectivity index (χ4n) is 2.08. The minimum absolute atomic E-state index is 0.346. The van der Waals surface area contributed by atoms with Crippen molar-refractivity contribution in [2.75, 3.05) is 5.32 Å². The smallest absolute Gasteiger partial charge is 0.215 e. The van der Waals surface area contributed by atoms with Crippen molar-refractivity contribution in [1.82, 2.24) is 40.8 Å². The van der Waals surface area contributed by atoms with Gasteiger partial charge in [-0.3, -0.25) is 5.10 Å². The molecule has 0 fully saturated rings. The molecule has 0 radical (unpaired) electrons. The zero-order chi connectivity index (χ0) is 16.4. The number of hydrogen-bond acceptors (Lipinski definition) is 8. The molecule has 0 spiro atoms. The standard InChI is InChI=1S/C13H9ClN10/c14-7-2-1-3-8(4-7)18-11-10-12(15-5-9-19-23-24-20-9)21-22-13(10)17-6-16-11/h1-6H,(H,19,20,23,24)(H2,16,17,18,21,22)/b15-5+. The molecule has 24 heavy (non-hydrogen) atoms. The van der Waals surface area contributed by atoms with Gasteiger partial charge in [0.05, 0.1) is 6.21 Å².